The Labute approximate surface area is 159 Å². The van der Waals surface area contributed by atoms with E-state index in [1.165, 1.54) is 89.9 Å². The topological polar surface area (TPSA) is 17.1 Å². The molecule has 0 aromatic rings. The van der Waals surface area contributed by atoms with Gasteiger partial charge in [0.1, 0.15) is 6.54 Å². The zero-order valence-corrected chi connectivity index (χ0v) is 18.1. The lowest BCUT2D eigenvalue weighted by atomic mass is 10.0. The molecule has 0 N–H and O–H groups in total. The normalized spacial score (nSPS) is 11.8. The molecular formula is C23H48NO+. The van der Waals surface area contributed by atoms with Crippen LogP contribution in [0.15, 0.2) is 0 Å². The Balaban J connectivity index is 3.20. The van der Waals surface area contributed by atoms with Gasteiger partial charge in [0.2, 0.25) is 0 Å². The van der Waals surface area contributed by atoms with Crippen LogP contribution in [-0.4, -0.2) is 37.5 Å². The fourth-order valence-corrected chi connectivity index (χ4v) is 3.36. The summed E-state index contributed by atoms with van der Waals surface area (Å²) in [6.07, 6.45) is 21.5. The first-order valence-electron chi connectivity index (χ1n) is 11.4. The lowest BCUT2D eigenvalue weighted by molar-refractivity contribution is -0.880. The number of likely N-dealkylation sites (N-methyl/N-ethyl adjacent to an activating group) is 1. The van der Waals surface area contributed by atoms with Gasteiger partial charge in [0.05, 0.1) is 20.6 Å². The minimum atomic E-state index is 0.446. The number of carbonyl (C=O) groups is 1. The van der Waals surface area contributed by atoms with E-state index in [1.54, 1.807) is 0 Å². The summed E-state index contributed by atoms with van der Waals surface area (Å²) in [5, 5.41) is 0. The Morgan fingerprint density at radius 3 is 1.32 bits per heavy atom. The maximum Gasteiger partial charge on any atom is 0.186 e. The molecule has 0 amide bonds. The second kappa shape index (κ2) is 17.1. The smallest absolute Gasteiger partial charge is 0.186 e. The van der Waals surface area contributed by atoms with Crippen molar-refractivity contribution in [1.82, 2.24) is 0 Å². The van der Waals surface area contributed by atoms with Crippen LogP contribution in [0.3, 0.4) is 0 Å². The zero-order valence-electron chi connectivity index (χ0n) is 18.1. The summed E-state index contributed by atoms with van der Waals surface area (Å²) in [6, 6.07) is 0. The molecule has 0 aromatic carbocycles. The molecule has 0 fully saturated rings. The van der Waals surface area contributed by atoms with Gasteiger partial charge in [-0.05, 0) is 13.3 Å². The van der Waals surface area contributed by atoms with Crippen molar-refractivity contribution in [2.75, 3.05) is 27.2 Å². The Morgan fingerprint density at radius 1 is 0.600 bits per heavy atom. The van der Waals surface area contributed by atoms with Gasteiger partial charge >= 0.3 is 0 Å². The van der Waals surface area contributed by atoms with Crippen LogP contribution in [0.2, 0.25) is 0 Å². The van der Waals surface area contributed by atoms with Crippen molar-refractivity contribution in [1.29, 1.82) is 0 Å². The average molecular weight is 355 g/mol. The molecule has 0 unspecified atom stereocenters. The van der Waals surface area contributed by atoms with Crippen LogP contribution in [0, 0.1) is 0 Å². The van der Waals surface area contributed by atoms with Crippen LogP contribution in [0.25, 0.3) is 0 Å². The van der Waals surface area contributed by atoms with E-state index in [-0.39, 0.29) is 0 Å². The summed E-state index contributed by atoms with van der Waals surface area (Å²) in [7, 11) is 4.29. The minimum Gasteiger partial charge on any atom is -0.323 e. The molecule has 0 atom stereocenters. The van der Waals surface area contributed by atoms with Crippen LogP contribution >= 0.6 is 0 Å². The van der Waals surface area contributed by atoms with E-state index < -0.39 is 0 Å². The minimum absolute atomic E-state index is 0.446. The number of rotatable bonds is 19. The van der Waals surface area contributed by atoms with Crippen LogP contribution < -0.4 is 0 Å². The van der Waals surface area contributed by atoms with Crippen molar-refractivity contribution in [3.63, 3.8) is 0 Å². The van der Waals surface area contributed by atoms with Crippen molar-refractivity contribution < 1.29 is 9.28 Å². The molecule has 0 radical (unpaired) electrons. The monoisotopic (exact) mass is 354 g/mol. The van der Waals surface area contributed by atoms with Crippen molar-refractivity contribution >= 4 is 5.78 Å². The van der Waals surface area contributed by atoms with Gasteiger partial charge in [0.25, 0.3) is 0 Å². The second-order valence-electron chi connectivity index (χ2n) is 8.65. The largest absolute Gasteiger partial charge is 0.323 e. The van der Waals surface area contributed by atoms with E-state index >= 15 is 0 Å². The summed E-state index contributed by atoms with van der Waals surface area (Å²) in [4.78, 5) is 11.9. The number of quaternary nitrogens is 1. The first-order chi connectivity index (χ1) is 12.0. The molecule has 0 saturated carbocycles. The highest BCUT2D eigenvalue weighted by Crippen LogP contribution is 2.14. The molecule has 0 spiro atoms. The van der Waals surface area contributed by atoms with Crippen LogP contribution in [0.5, 0.6) is 0 Å². The van der Waals surface area contributed by atoms with Gasteiger partial charge in [-0.3, -0.25) is 4.79 Å². The predicted octanol–water partition coefficient (Wildman–Crippen LogP) is 6.91. The molecular weight excluding hydrogens is 306 g/mol. The number of Topliss-reactive ketones (excluding diaryl/α,β-unsaturated/α-hetero) is 1. The quantitative estimate of drug-likeness (QED) is 0.182. The van der Waals surface area contributed by atoms with Gasteiger partial charge in [-0.1, -0.05) is 96.8 Å². The highest BCUT2D eigenvalue weighted by atomic mass is 16.1. The van der Waals surface area contributed by atoms with Gasteiger partial charge in [-0.15, -0.1) is 0 Å². The SMILES string of the molecule is CCCCCCCCCCCCCCCCCC(=O)C[N+](C)(C)CC. The van der Waals surface area contributed by atoms with Crippen LogP contribution in [0.1, 0.15) is 117 Å². The second-order valence-corrected chi connectivity index (χ2v) is 8.65. The maximum atomic E-state index is 11.9. The molecule has 2 heteroatoms. The first kappa shape index (κ1) is 24.6. The van der Waals surface area contributed by atoms with E-state index in [2.05, 4.69) is 27.9 Å². The molecule has 2 nitrogen and oxygen atoms in total. The number of carbonyl (C=O) groups excluding carboxylic acids is 1. The number of nitrogens with zero attached hydrogens (tertiary/aromatic N) is 1. The van der Waals surface area contributed by atoms with E-state index in [0.717, 1.165) is 23.9 Å². The number of hydrogen-bond acceptors (Lipinski definition) is 1. The average Bonchev–Trinajstić information content (AvgIpc) is 2.58. The summed E-state index contributed by atoms with van der Waals surface area (Å²) < 4.78 is 0.831. The van der Waals surface area contributed by atoms with Gasteiger partial charge < -0.3 is 4.48 Å². The molecule has 0 rings (SSSR count). The Hall–Kier alpha value is -0.370. The molecule has 25 heavy (non-hydrogen) atoms. The lowest BCUT2D eigenvalue weighted by Gasteiger charge is -2.27. The van der Waals surface area contributed by atoms with E-state index in [0.29, 0.717) is 12.3 Å². The molecule has 0 aromatic heterocycles. The highest BCUT2D eigenvalue weighted by molar-refractivity contribution is 5.79. The molecule has 0 aliphatic rings. The fourth-order valence-electron chi connectivity index (χ4n) is 3.36. The number of hydrogen-bond donors (Lipinski definition) is 0. The molecule has 150 valence electrons. The summed E-state index contributed by atoms with van der Waals surface area (Å²) in [5.41, 5.74) is 0. The molecule has 0 saturated heterocycles. The summed E-state index contributed by atoms with van der Waals surface area (Å²) >= 11 is 0. The van der Waals surface area contributed by atoms with E-state index in [1.807, 2.05) is 0 Å². The third-order valence-corrected chi connectivity index (χ3v) is 5.52. The molecule has 0 aliphatic carbocycles. The van der Waals surface area contributed by atoms with Gasteiger partial charge in [-0.25, -0.2) is 0 Å². The van der Waals surface area contributed by atoms with Crippen LogP contribution in [0.4, 0.5) is 0 Å². The third-order valence-electron chi connectivity index (χ3n) is 5.52. The Bertz CT molecular complexity index is 298. The fraction of sp³-hybridized carbons (Fsp3) is 0.957. The zero-order chi connectivity index (χ0) is 18.8. The van der Waals surface area contributed by atoms with Gasteiger partial charge in [0, 0.05) is 6.42 Å². The van der Waals surface area contributed by atoms with E-state index in [9.17, 15) is 4.79 Å². The molecule has 0 aliphatic heterocycles. The highest BCUT2D eigenvalue weighted by Gasteiger charge is 2.16. The third kappa shape index (κ3) is 18.2. The number of ketones is 1. The number of unbranched alkanes of at least 4 members (excludes halogenated alkanes) is 14. The van der Waals surface area contributed by atoms with Crippen molar-refractivity contribution in [3.05, 3.63) is 0 Å². The van der Waals surface area contributed by atoms with Gasteiger partial charge in [0.15, 0.2) is 5.78 Å². The van der Waals surface area contributed by atoms with Crippen molar-refractivity contribution in [3.8, 4) is 0 Å². The Kier molecular flexibility index (Phi) is 16.8. The molecule has 0 bridgehead atoms. The summed E-state index contributed by atoms with van der Waals surface area (Å²) in [6.45, 7) is 6.17. The molecule has 0 heterocycles. The van der Waals surface area contributed by atoms with Crippen molar-refractivity contribution in [2.24, 2.45) is 0 Å². The maximum absolute atomic E-state index is 11.9. The van der Waals surface area contributed by atoms with E-state index in [4.69, 9.17) is 0 Å². The standard InChI is InChI=1S/C23H48NO/c1-5-7-8-9-10-11-12-13-14-15-16-17-18-19-20-21-23(25)22-24(3,4)6-2/h5-22H2,1-4H3/q+1. The summed E-state index contributed by atoms with van der Waals surface area (Å²) in [5.74, 6) is 0.446. The van der Waals surface area contributed by atoms with Gasteiger partial charge in [-0.2, -0.15) is 0 Å². The Morgan fingerprint density at radius 2 is 0.960 bits per heavy atom. The van der Waals surface area contributed by atoms with Crippen molar-refractivity contribution in [2.45, 2.75) is 117 Å². The van der Waals surface area contributed by atoms with Crippen LogP contribution in [-0.2, 0) is 4.79 Å². The lowest BCUT2D eigenvalue weighted by Crippen LogP contribution is -2.43. The predicted molar refractivity (Wildman–Crippen MR) is 112 cm³/mol. The first-order valence-corrected chi connectivity index (χ1v) is 11.4.